The Morgan fingerprint density at radius 1 is 0.368 bits per heavy atom. The Labute approximate surface area is 387 Å². The molecule has 57 heavy (non-hydrogen) atoms. The first kappa shape index (κ1) is 51.9. The molecule has 0 aliphatic heterocycles. The van der Waals surface area contributed by atoms with E-state index in [0.717, 1.165) is 96.9 Å². The number of unbranched alkanes of at least 4 members (excludes halogenated alkanes) is 16. The third kappa shape index (κ3) is 17.7. The van der Waals surface area contributed by atoms with Gasteiger partial charge in [0.15, 0.2) is 0 Å². The minimum atomic E-state index is -4.46. The van der Waals surface area contributed by atoms with Crippen molar-refractivity contribution >= 4 is 90.7 Å². The SMILES string of the molecule is CCCCCCCc1cccc2c(CCCCCCC)c(S(=O)(=O)[O-])ccc12.CCCCCCCc1cccc2c(CCCCCCC)c(S(=O)(=O)[O-])ccc12.[Ba+2]. The van der Waals surface area contributed by atoms with Crippen LogP contribution in [0.1, 0.15) is 178 Å². The van der Waals surface area contributed by atoms with E-state index in [-0.39, 0.29) is 58.7 Å². The van der Waals surface area contributed by atoms with E-state index in [1.54, 1.807) is 0 Å². The summed E-state index contributed by atoms with van der Waals surface area (Å²) in [5.74, 6) is 0. The van der Waals surface area contributed by atoms with E-state index < -0.39 is 20.2 Å². The number of fused-ring (bicyclic) bond motifs is 2. The van der Waals surface area contributed by atoms with Crippen LogP contribution in [0.3, 0.4) is 0 Å². The topological polar surface area (TPSA) is 114 Å². The Bertz CT molecular complexity index is 1830. The van der Waals surface area contributed by atoms with Gasteiger partial charge in [0.1, 0.15) is 20.2 Å². The maximum atomic E-state index is 11.8. The molecular formula is C48H70BaO6S2. The number of aryl methyl sites for hydroxylation is 4. The summed E-state index contributed by atoms with van der Waals surface area (Å²) in [4.78, 5) is -0.0637. The van der Waals surface area contributed by atoms with E-state index in [9.17, 15) is 25.9 Å². The molecule has 0 saturated heterocycles. The van der Waals surface area contributed by atoms with Gasteiger partial charge >= 0.3 is 48.9 Å². The summed E-state index contributed by atoms with van der Waals surface area (Å²) in [5.41, 5.74) is 3.96. The summed E-state index contributed by atoms with van der Waals surface area (Å²) in [5, 5.41) is 4.10. The van der Waals surface area contributed by atoms with Gasteiger partial charge in [0.05, 0.1) is 9.79 Å². The van der Waals surface area contributed by atoms with Crippen LogP contribution in [-0.4, -0.2) is 74.8 Å². The summed E-state index contributed by atoms with van der Waals surface area (Å²) in [7, 11) is -8.92. The molecule has 0 bridgehead atoms. The van der Waals surface area contributed by atoms with Gasteiger partial charge in [-0.3, -0.25) is 0 Å². The third-order valence-electron chi connectivity index (χ3n) is 11.1. The fourth-order valence-corrected chi connectivity index (χ4v) is 9.50. The zero-order chi connectivity index (χ0) is 40.8. The van der Waals surface area contributed by atoms with Gasteiger partial charge in [0.2, 0.25) is 0 Å². The number of hydrogen-bond acceptors (Lipinski definition) is 6. The molecule has 0 fully saturated rings. The fourth-order valence-electron chi connectivity index (χ4n) is 8.00. The molecule has 6 nitrogen and oxygen atoms in total. The minimum absolute atomic E-state index is 0. The predicted octanol–water partition coefficient (Wildman–Crippen LogP) is 13.2. The standard InChI is InChI=1S/2C24H36O3S.Ba/c2*1-3-5-7-9-11-14-20-15-13-17-22-21(20)18-19-24(28(25,26)27)23(22)16-12-10-8-6-4-2;/h2*13,15,17-19H,3-12,14,16H2,1-2H3,(H,25,26,27);/q;;+2/p-2. The molecule has 0 unspecified atom stereocenters. The molecule has 0 radical (unpaired) electrons. The summed E-state index contributed by atoms with van der Waals surface area (Å²) >= 11 is 0. The van der Waals surface area contributed by atoms with Gasteiger partial charge in [-0.15, -0.1) is 0 Å². The fraction of sp³-hybridized carbons (Fsp3) is 0.583. The van der Waals surface area contributed by atoms with Crippen molar-refractivity contribution in [1.29, 1.82) is 0 Å². The zero-order valence-corrected chi connectivity index (χ0v) is 41.8. The second-order valence-electron chi connectivity index (χ2n) is 15.7. The monoisotopic (exact) mass is 944 g/mol. The molecule has 4 rings (SSSR count). The van der Waals surface area contributed by atoms with Crippen LogP contribution in [0.2, 0.25) is 0 Å². The number of rotatable bonds is 26. The van der Waals surface area contributed by atoms with Crippen molar-refractivity contribution in [2.24, 2.45) is 0 Å². The Morgan fingerprint density at radius 2 is 0.667 bits per heavy atom. The molecule has 312 valence electrons. The maximum absolute atomic E-state index is 11.8. The van der Waals surface area contributed by atoms with Gasteiger partial charge in [0.25, 0.3) is 0 Å². The molecule has 0 spiro atoms. The predicted molar refractivity (Wildman–Crippen MR) is 239 cm³/mol. The summed E-state index contributed by atoms with van der Waals surface area (Å²) in [6.07, 6.45) is 26.7. The van der Waals surface area contributed by atoms with Gasteiger partial charge in [0, 0.05) is 0 Å². The molecule has 0 atom stereocenters. The average molecular weight is 945 g/mol. The van der Waals surface area contributed by atoms with Crippen LogP contribution in [0.5, 0.6) is 0 Å². The van der Waals surface area contributed by atoms with Gasteiger partial charge in [-0.2, -0.15) is 0 Å². The zero-order valence-electron chi connectivity index (χ0n) is 35.7. The number of benzene rings is 4. The van der Waals surface area contributed by atoms with Gasteiger partial charge in [-0.05, 0) is 107 Å². The smallest absolute Gasteiger partial charge is 0.744 e. The molecule has 0 aromatic heterocycles. The van der Waals surface area contributed by atoms with E-state index in [1.165, 1.54) is 100 Å². The van der Waals surface area contributed by atoms with E-state index >= 15 is 0 Å². The largest absolute Gasteiger partial charge is 2.00 e. The van der Waals surface area contributed by atoms with E-state index in [4.69, 9.17) is 0 Å². The summed E-state index contributed by atoms with van der Waals surface area (Å²) in [6.45, 7) is 8.79. The molecule has 0 aliphatic rings. The van der Waals surface area contributed by atoms with Gasteiger partial charge in [-0.1, -0.05) is 179 Å². The third-order valence-corrected chi connectivity index (χ3v) is 13.0. The molecule has 0 amide bonds. The Hall–Kier alpha value is -1.21. The first-order valence-electron chi connectivity index (χ1n) is 22.0. The van der Waals surface area contributed by atoms with Crippen LogP contribution < -0.4 is 0 Å². The summed E-state index contributed by atoms with van der Waals surface area (Å²) < 4.78 is 71.0. The van der Waals surface area contributed by atoms with Crippen LogP contribution in [0, 0.1) is 0 Å². The minimum Gasteiger partial charge on any atom is -0.744 e. The molecule has 0 heterocycles. The van der Waals surface area contributed by atoms with E-state index in [1.807, 2.05) is 36.4 Å². The molecular weight excluding hydrogens is 874 g/mol. The Balaban J connectivity index is 0.000000387. The van der Waals surface area contributed by atoms with Gasteiger partial charge in [-0.25, -0.2) is 16.8 Å². The van der Waals surface area contributed by atoms with Crippen LogP contribution >= 0.6 is 0 Å². The maximum Gasteiger partial charge on any atom is 2.00 e. The second-order valence-corrected chi connectivity index (χ2v) is 18.4. The van der Waals surface area contributed by atoms with Crippen molar-refractivity contribution in [3.8, 4) is 0 Å². The van der Waals surface area contributed by atoms with Crippen molar-refractivity contribution in [2.45, 2.75) is 192 Å². The average Bonchev–Trinajstić information content (AvgIpc) is 3.17. The molecule has 4 aromatic rings. The second kappa shape index (κ2) is 28.3. The van der Waals surface area contributed by atoms with Crippen LogP contribution in [0.4, 0.5) is 0 Å². The number of hydrogen-bond donors (Lipinski definition) is 0. The summed E-state index contributed by atoms with van der Waals surface area (Å²) in [6, 6.07) is 19.0. The van der Waals surface area contributed by atoms with Crippen molar-refractivity contribution in [3.05, 3.63) is 82.9 Å². The van der Waals surface area contributed by atoms with E-state index in [2.05, 4.69) is 39.8 Å². The Kier molecular flexibility index (Phi) is 25.8. The molecule has 0 N–H and O–H groups in total. The molecule has 0 aliphatic carbocycles. The van der Waals surface area contributed by atoms with Crippen molar-refractivity contribution < 1.29 is 25.9 Å². The quantitative estimate of drug-likeness (QED) is 0.0352. The van der Waals surface area contributed by atoms with Crippen molar-refractivity contribution in [2.75, 3.05) is 0 Å². The van der Waals surface area contributed by atoms with Crippen molar-refractivity contribution in [1.82, 2.24) is 0 Å². The first-order chi connectivity index (χ1) is 27.0. The molecule has 0 saturated carbocycles. The van der Waals surface area contributed by atoms with Crippen LogP contribution in [0.25, 0.3) is 21.5 Å². The van der Waals surface area contributed by atoms with Crippen LogP contribution in [0.15, 0.2) is 70.5 Å². The normalized spacial score (nSPS) is 11.8. The van der Waals surface area contributed by atoms with Crippen LogP contribution in [-0.2, 0) is 45.9 Å². The van der Waals surface area contributed by atoms with E-state index in [0.29, 0.717) is 12.8 Å². The Morgan fingerprint density at radius 3 is 0.965 bits per heavy atom. The molecule has 9 heteroatoms. The van der Waals surface area contributed by atoms with Crippen molar-refractivity contribution in [3.63, 3.8) is 0 Å². The first-order valence-corrected chi connectivity index (χ1v) is 24.8. The van der Waals surface area contributed by atoms with Gasteiger partial charge < -0.3 is 9.11 Å². The molecule has 4 aromatic carbocycles.